The number of unbranched alkanes of at least 4 members (excludes halogenated alkanes) is 2. The van der Waals surface area contributed by atoms with Crippen molar-refractivity contribution in [2.45, 2.75) is 46.1 Å². The van der Waals surface area contributed by atoms with Crippen LogP contribution in [-0.4, -0.2) is 34.9 Å². The Morgan fingerprint density at radius 1 is 1.35 bits per heavy atom. The maximum atomic E-state index is 13.2. The van der Waals surface area contributed by atoms with Gasteiger partial charge in [-0.05, 0) is 45.0 Å². The van der Waals surface area contributed by atoms with Crippen LogP contribution in [0.25, 0.3) is 0 Å². The van der Waals surface area contributed by atoms with E-state index in [1.165, 1.54) is 6.07 Å². The molecule has 1 aromatic rings. The zero-order valence-electron chi connectivity index (χ0n) is 12.5. The number of halogens is 1. The largest absolute Gasteiger partial charge is 0.507 e. The Kier molecular flexibility index (Phi) is 6.65. The van der Waals surface area contributed by atoms with Crippen LogP contribution < -0.4 is 0 Å². The van der Waals surface area contributed by atoms with E-state index in [0.717, 1.165) is 37.9 Å². The molecule has 0 bridgehead atoms. The number of phenolic OH excluding ortho intramolecular Hbond substituents is 1. The molecule has 0 radical (unpaired) electrons. The SMILES string of the molecule is CCCCCN(CC(=O)c1cc(F)ccc1O)C(C)C. The van der Waals surface area contributed by atoms with Crippen molar-refractivity contribution in [3.63, 3.8) is 0 Å². The first kappa shape index (κ1) is 16.6. The molecule has 0 amide bonds. The van der Waals surface area contributed by atoms with Crippen molar-refractivity contribution < 1.29 is 14.3 Å². The fourth-order valence-corrected chi connectivity index (χ4v) is 2.09. The molecular weight excluding hydrogens is 257 g/mol. The van der Waals surface area contributed by atoms with Gasteiger partial charge in [-0.1, -0.05) is 19.8 Å². The molecule has 1 rings (SSSR count). The lowest BCUT2D eigenvalue weighted by Crippen LogP contribution is -2.36. The number of hydrogen-bond donors (Lipinski definition) is 1. The number of benzene rings is 1. The quantitative estimate of drug-likeness (QED) is 0.584. The number of phenols is 1. The standard InChI is InChI=1S/C16H24FNO2/c1-4-5-6-9-18(12(2)3)11-16(20)14-10-13(17)7-8-15(14)19/h7-8,10,12,19H,4-6,9,11H2,1-3H3. The molecule has 0 heterocycles. The van der Waals surface area contributed by atoms with Gasteiger partial charge in [0, 0.05) is 6.04 Å². The molecule has 1 N–H and O–H groups in total. The predicted molar refractivity (Wildman–Crippen MR) is 78.6 cm³/mol. The topological polar surface area (TPSA) is 40.5 Å². The van der Waals surface area contributed by atoms with Crippen LogP contribution in [0.2, 0.25) is 0 Å². The van der Waals surface area contributed by atoms with Gasteiger partial charge in [-0.25, -0.2) is 4.39 Å². The van der Waals surface area contributed by atoms with E-state index in [1.54, 1.807) is 0 Å². The zero-order valence-corrected chi connectivity index (χ0v) is 12.5. The monoisotopic (exact) mass is 281 g/mol. The summed E-state index contributed by atoms with van der Waals surface area (Å²) in [6.07, 6.45) is 3.30. The number of hydrogen-bond acceptors (Lipinski definition) is 3. The van der Waals surface area contributed by atoms with Crippen LogP contribution in [0.1, 0.15) is 50.4 Å². The molecule has 0 spiro atoms. The number of aromatic hydroxyl groups is 1. The lowest BCUT2D eigenvalue weighted by atomic mass is 10.1. The second kappa shape index (κ2) is 8.00. The van der Waals surface area contributed by atoms with E-state index < -0.39 is 5.82 Å². The number of carbonyl (C=O) groups excluding carboxylic acids is 1. The third-order valence-corrected chi connectivity index (χ3v) is 3.38. The highest BCUT2D eigenvalue weighted by molar-refractivity contribution is 6.00. The Labute approximate surface area is 120 Å². The number of ketones is 1. The van der Waals surface area contributed by atoms with Crippen molar-refractivity contribution in [2.24, 2.45) is 0 Å². The van der Waals surface area contributed by atoms with Gasteiger partial charge in [-0.3, -0.25) is 9.69 Å². The summed E-state index contributed by atoms with van der Waals surface area (Å²) in [5, 5.41) is 9.66. The van der Waals surface area contributed by atoms with E-state index in [1.807, 2.05) is 13.8 Å². The zero-order chi connectivity index (χ0) is 15.1. The van der Waals surface area contributed by atoms with E-state index >= 15 is 0 Å². The van der Waals surface area contributed by atoms with Crippen LogP contribution in [0.15, 0.2) is 18.2 Å². The van der Waals surface area contributed by atoms with E-state index in [-0.39, 0.29) is 29.7 Å². The van der Waals surface area contributed by atoms with Crippen LogP contribution in [0.4, 0.5) is 4.39 Å². The Hall–Kier alpha value is -1.42. The van der Waals surface area contributed by atoms with Crippen LogP contribution >= 0.6 is 0 Å². The van der Waals surface area contributed by atoms with Crippen molar-refractivity contribution >= 4 is 5.78 Å². The van der Waals surface area contributed by atoms with Gasteiger partial charge in [0.25, 0.3) is 0 Å². The maximum absolute atomic E-state index is 13.2. The van der Waals surface area contributed by atoms with Crippen molar-refractivity contribution in [1.29, 1.82) is 0 Å². The number of Topliss-reactive ketones (excluding diaryl/α,β-unsaturated/α-hetero) is 1. The summed E-state index contributed by atoms with van der Waals surface area (Å²) in [7, 11) is 0. The summed E-state index contributed by atoms with van der Waals surface area (Å²) in [5.74, 6) is -0.908. The molecule has 0 aliphatic rings. The summed E-state index contributed by atoms with van der Waals surface area (Å²) in [5.41, 5.74) is 0.0612. The van der Waals surface area contributed by atoms with Gasteiger partial charge < -0.3 is 5.11 Å². The molecule has 0 saturated heterocycles. The summed E-state index contributed by atoms with van der Waals surface area (Å²) < 4.78 is 13.2. The average Bonchev–Trinajstić information content (AvgIpc) is 2.40. The third-order valence-electron chi connectivity index (χ3n) is 3.38. The minimum Gasteiger partial charge on any atom is -0.507 e. The Morgan fingerprint density at radius 2 is 2.05 bits per heavy atom. The Bertz CT molecular complexity index is 446. The van der Waals surface area contributed by atoms with Crippen molar-refractivity contribution in [1.82, 2.24) is 4.90 Å². The third kappa shape index (κ3) is 4.93. The van der Waals surface area contributed by atoms with Crippen LogP contribution in [0.3, 0.4) is 0 Å². The van der Waals surface area contributed by atoms with E-state index in [0.29, 0.717) is 0 Å². The smallest absolute Gasteiger partial charge is 0.180 e. The van der Waals surface area contributed by atoms with E-state index in [9.17, 15) is 14.3 Å². The van der Waals surface area contributed by atoms with E-state index in [2.05, 4.69) is 11.8 Å². The molecule has 20 heavy (non-hydrogen) atoms. The molecule has 0 aliphatic carbocycles. The van der Waals surface area contributed by atoms with Gasteiger partial charge in [-0.2, -0.15) is 0 Å². The van der Waals surface area contributed by atoms with Crippen LogP contribution in [-0.2, 0) is 0 Å². The maximum Gasteiger partial charge on any atom is 0.180 e. The fraction of sp³-hybridized carbons (Fsp3) is 0.562. The highest BCUT2D eigenvalue weighted by atomic mass is 19.1. The van der Waals surface area contributed by atoms with Crippen LogP contribution in [0, 0.1) is 5.82 Å². The van der Waals surface area contributed by atoms with Crippen molar-refractivity contribution in [3.8, 4) is 5.75 Å². The van der Waals surface area contributed by atoms with Crippen LogP contribution in [0.5, 0.6) is 5.75 Å². The lowest BCUT2D eigenvalue weighted by Gasteiger charge is -2.25. The summed E-state index contributed by atoms with van der Waals surface area (Å²) in [6.45, 7) is 7.25. The number of nitrogens with zero attached hydrogens (tertiary/aromatic N) is 1. The lowest BCUT2D eigenvalue weighted by molar-refractivity contribution is 0.0900. The van der Waals surface area contributed by atoms with Gasteiger partial charge in [0.05, 0.1) is 12.1 Å². The van der Waals surface area contributed by atoms with Gasteiger partial charge in [0.15, 0.2) is 5.78 Å². The minimum absolute atomic E-state index is 0.0612. The highest BCUT2D eigenvalue weighted by Crippen LogP contribution is 2.19. The molecule has 0 fully saturated rings. The van der Waals surface area contributed by atoms with Gasteiger partial charge in [0.2, 0.25) is 0 Å². The first-order chi connectivity index (χ1) is 9.45. The summed E-state index contributed by atoms with van der Waals surface area (Å²) >= 11 is 0. The number of carbonyl (C=O) groups is 1. The molecular formula is C16H24FNO2. The molecule has 0 aromatic heterocycles. The second-order valence-corrected chi connectivity index (χ2v) is 5.36. The van der Waals surface area contributed by atoms with Crippen molar-refractivity contribution in [2.75, 3.05) is 13.1 Å². The minimum atomic E-state index is -0.506. The highest BCUT2D eigenvalue weighted by Gasteiger charge is 2.18. The Balaban J connectivity index is 2.72. The summed E-state index contributed by atoms with van der Waals surface area (Å²) in [6, 6.07) is 3.71. The molecule has 0 atom stereocenters. The first-order valence-electron chi connectivity index (χ1n) is 7.21. The Morgan fingerprint density at radius 3 is 2.65 bits per heavy atom. The normalized spacial score (nSPS) is 11.3. The first-order valence-corrected chi connectivity index (χ1v) is 7.21. The number of rotatable bonds is 8. The van der Waals surface area contributed by atoms with Crippen molar-refractivity contribution in [3.05, 3.63) is 29.6 Å². The van der Waals surface area contributed by atoms with E-state index in [4.69, 9.17) is 0 Å². The van der Waals surface area contributed by atoms with Gasteiger partial charge >= 0.3 is 0 Å². The molecule has 0 aliphatic heterocycles. The average molecular weight is 281 g/mol. The molecule has 3 nitrogen and oxygen atoms in total. The molecule has 0 saturated carbocycles. The fourth-order valence-electron chi connectivity index (χ4n) is 2.09. The molecule has 4 heteroatoms. The molecule has 1 aromatic carbocycles. The predicted octanol–water partition coefficient (Wildman–Crippen LogP) is 3.61. The summed E-state index contributed by atoms with van der Waals surface area (Å²) in [4.78, 5) is 14.3. The molecule has 0 unspecified atom stereocenters. The molecule has 112 valence electrons. The second-order valence-electron chi connectivity index (χ2n) is 5.36. The van der Waals surface area contributed by atoms with Gasteiger partial charge in [0.1, 0.15) is 11.6 Å². The van der Waals surface area contributed by atoms with Gasteiger partial charge in [-0.15, -0.1) is 0 Å².